The molecule has 118 valence electrons. The minimum atomic E-state index is -3.43. The number of carbonyl (C=O) groups is 1. The van der Waals surface area contributed by atoms with Gasteiger partial charge in [0.2, 0.25) is 0 Å². The molecule has 0 N–H and O–H groups in total. The Morgan fingerprint density at radius 1 is 1.32 bits per heavy atom. The molecule has 0 amide bonds. The van der Waals surface area contributed by atoms with Gasteiger partial charge < -0.3 is 4.74 Å². The summed E-state index contributed by atoms with van der Waals surface area (Å²) in [6.07, 6.45) is 5.20. The molecule has 8 heteroatoms. The largest absolute Gasteiger partial charge is 0.457 e. The van der Waals surface area contributed by atoms with Crippen molar-refractivity contribution in [1.82, 2.24) is 9.97 Å². The number of ether oxygens (including phenoxy) is 1. The van der Waals surface area contributed by atoms with Crippen LogP contribution in [0.3, 0.4) is 0 Å². The third-order valence-corrected chi connectivity index (χ3v) is 4.68. The lowest BCUT2D eigenvalue weighted by molar-refractivity contribution is -0.148. The molecule has 0 radical (unpaired) electrons. The molecule has 0 unspecified atom stereocenters. The van der Waals surface area contributed by atoms with Gasteiger partial charge in [0.15, 0.2) is 14.9 Å². The Labute approximate surface area is 132 Å². The lowest BCUT2D eigenvalue weighted by Crippen LogP contribution is -2.22. The third kappa shape index (κ3) is 4.11. The van der Waals surface area contributed by atoms with Crippen molar-refractivity contribution in [2.75, 3.05) is 6.26 Å². The number of hydrogen-bond acceptors (Lipinski definition) is 7. The maximum Gasteiger partial charge on any atom is 0.331 e. The van der Waals surface area contributed by atoms with Crippen LogP contribution < -0.4 is 0 Å². The highest BCUT2D eigenvalue weighted by Gasteiger charge is 2.17. The van der Waals surface area contributed by atoms with Crippen LogP contribution in [0.1, 0.15) is 25.6 Å². The molecule has 6 nitrogen and oxygen atoms in total. The number of nitrogens with zero attached hydrogens (tertiary/aromatic N) is 2. The normalized spacial score (nSPS) is 12.9. The molecule has 2 heterocycles. The highest BCUT2D eigenvalue weighted by Crippen LogP contribution is 2.29. The van der Waals surface area contributed by atoms with Gasteiger partial charge >= 0.3 is 5.97 Å². The van der Waals surface area contributed by atoms with Gasteiger partial charge in [-0.25, -0.2) is 23.2 Å². The number of thiophene rings is 1. The SMILES string of the molecule is CC(C)(C)OC(=O)/C=C/c1cc2ncnc(S(C)(=O)=O)c2s1. The quantitative estimate of drug-likeness (QED) is 0.484. The van der Waals surface area contributed by atoms with Gasteiger partial charge in [-0.3, -0.25) is 0 Å². The number of fused-ring (bicyclic) bond motifs is 1. The Balaban J connectivity index is 2.33. The summed E-state index contributed by atoms with van der Waals surface area (Å²) in [6.45, 7) is 5.35. The number of carbonyl (C=O) groups excluding carboxylic acids is 1. The van der Waals surface area contributed by atoms with E-state index in [1.165, 1.54) is 23.7 Å². The summed E-state index contributed by atoms with van der Waals surface area (Å²) < 4.78 is 29.1. The monoisotopic (exact) mass is 340 g/mol. The van der Waals surface area contributed by atoms with Crippen molar-refractivity contribution in [2.24, 2.45) is 0 Å². The van der Waals surface area contributed by atoms with Crippen molar-refractivity contribution in [2.45, 2.75) is 31.4 Å². The minimum absolute atomic E-state index is 0.000539. The van der Waals surface area contributed by atoms with E-state index in [-0.39, 0.29) is 5.03 Å². The maximum atomic E-state index is 11.7. The highest BCUT2D eigenvalue weighted by atomic mass is 32.2. The molecule has 0 spiro atoms. The first-order chi connectivity index (χ1) is 10.1. The molecule has 2 rings (SSSR count). The summed E-state index contributed by atoms with van der Waals surface area (Å²) in [5.41, 5.74) is -0.0273. The molecule has 0 saturated carbocycles. The van der Waals surface area contributed by atoms with Gasteiger partial charge in [0.25, 0.3) is 0 Å². The second-order valence-corrected chi connectivity index (χ2v) is 8.70. The van der Waals surface area contributed by atoms with Crippen LogP contribution in [0.25, 0.3) is 16.3 Å². The molecule has 0 aliphatic rings. The summed E-state index contributed by atoms with van der Waals surface area (Å²) in [5.74, 6) is -0.459. The van der Waals surface area contributed by atoms with Crippen LogP contribution in [0.2, 0.25) is 0 Å². The Morgan fingerprint density at radius 3 is 2.59 bits per heavy atom. The summed E-state index contributed by atoms with van der Waals surface area (Å²) in [4.78, 5) is 20.2. The van der Waals surface area contributed by atoms with Crippen LogP contribution in [0.15, 0.2) is 23.5 Å². The van der Waals surface area contributed by atoms with Gasteiger partial charge in [-0.15, -0.1) is 11.3 Å². The molecule has 0 saturated heterocycles. The van der Waals surface area contributed by atoms with Gasteiger partial charge in [-0.05, 0) is 32.9 Å². The maximum absolute atomic E-state index is 11.7. The first-order valence-corrected chi connectivity index (χ1v) is 9.13. The standard InChI is InChI=1S/C14H16N2O4S2/c1-14(2,3)20-11(17)6-5-9-7-10-12(21-9)13(16-8-15-10)22(4,18)19/h5-8H,1-4H3/b6-5+. The summed E-state index contributed by atoms with van der Waals surface area (Å²) in [6, 6.07) is 1.71. The molecule has 0 aromatic carbocycles. The molecule has 2 aromatic heterocycles. The molecule has 0 fully saturated rings. The number of hydrogen-bond donors (Lipinski definition) is 0. The summed E-state index contributed by atoms with van der Waals surface area (Å²) in [7, 11) is -3.43. The molecule has 0 bridgehead atoms. The van der Waals surface area contributed by atoms with E-state index in [0.717, 1.165) is 6.26 Å². The summed E-state index contributed by atoms with van der Waals surface area (Å²) >= 11 is 1.21. The first-order valence-electron chi connectivity index (χ1n) is 6.42. The summed E-state index contributed by atoms with van der Waals surface area (Å²) in [5, 5.41) is -0.000539. The van der Waals surface area contributed by atoms with E-state index in [0.29, 0.717) is 15.1 Å². The van der Waals surface area contributed by atoms with E-state index in [2.05, 4.69) is 9.97 Å². The van der Waals surface area contributed by atoms with Gasteiger partial charge in [0.1, 0.15) is 11.9 Å². The number of rotatable bonds is 3. The van der Waals surface area contributed by atoms with Crippen molar-refractivity contribution in [3.63, 3.8) is 0 Å². The predicted octanol–water partition coefficient (Wildman–Crippen LogP) is 2.45. The average molecular weight is 340 g/mol. The molecular formula is C14H16N2O4S2. The van der Waals surface area contributed by atoms with Crippen LogP contribution in [0.5, 0.6) is 0 Å². The zero-order valence-electron chi connectivity index (χ0n) is 12.7. The van der Waals surface area contributed by atoms with Crippen LogP contribution in [-0.2, 0) is 19.4 Å². The smallest absolute Gasteiger partial charge is 0.331 e. The van der Waals surface area contributed by atoms with Crippen LogP contribution in [0.4, 0.5) is 0 Å². The molecule has 2 aromatic rings. The van der Waals surface area contributed by atoms with Crippen LogP contribution in [0, 0.1) is 0 Å². The fraction of sp³-hybridized carbons (Fsp3) is 0.357. The van der Waals surface area contributed by atoms with Crippen molar-refractivity contribution in [1.29, 1.82) is 0 Å². The van der Waals surface area contributed by atoms with Crippen molar-refractivity contribution < 1.29 is 17.9 Å². The Kier molecular flexibility index (Phi) is 4.35. The Hall–Kier alpha value is -1.80. The van der Waals surface area contributed by atoms with Gasteiger partial charge in [-0.1, -0.05) is 0 Å². The van der Waals surface area contributed by atoms with E-state index < -0.39 is 21.4 Å². The fourth-order valence-electron chi connectivity index (χ4n) is 1.68. The molecule has 22 heavy (non-hydrogen) atoms. The minimum Gasteiger partial charge on any atom is -0.457 e. The molecule has 0 aliphatic heterocycles. The fourth-order valence-corrected chi connectivity index (χ4v) is 3.84. The topological polar surface area (TPSA) is 86.2 Å². The zero-order chi connectivity index (χ0) is 16.5. The van der Waals surface area contributed by atoms with Crippen molar-refractivity contribution in [3.8, 4) is 0 Å². The molecular weight excluding hydrogens is 324 g/mol. The lowest BCUT2D eigenvalue weighted by atomic mass is 10.2. The van der Waals surface area contributed by atoms with Crippen LogP contribution >= 0.6 is 11.3 Å². The average Bonchev–Trinajstić information content (AvgIpc) is 2.75. The van der Waals surface area contributed by atoms with E-state index in [1.54, 1.807) is 32.9 Å². The lowest BCUT2D eigenvalue weighted by Gasteiger charge is -2.17. The van der Waals surface area contributed by atoms with E-state index >= 15 is 0 Å². The van der Waals surface area contributed by atoms with Crippen LogP contribution in [-0.4, -0.2) is 36.2 Å². The zero-order valence-corrected chi connectivity index (χ0v) is 14.3. The van der Waals surface area contributed by atoms with Crippen molar-refractivity contribution >= 4 is 43.4 Å². The Morgan fingerprint density at radius 2 is 2.00 bits per heavy atom. The van der Waals surface area contributed by atoms with Gasteiger partial charge in [0.05, 0.1) is 10.2 Å². The first kappa shape index (κ1) is 16.6. The van der Waals surface area contributed by atoms with Crippen molar-refractivity contribution in [3.05, 3.63) is 23.3 Å². The van der Waals surface area contributed by atoms with Gasteiger partial charge in [-0.2, -0.15) is 0 Å². The number of esters is 1. The Bertz CT molecular complexity index is 845. The van der Waals surface area contributed by atoms with Gasteiger partial charge in [0, 0.05) is 17.2 Å². The predicted molar refractivity (Wildman–Crippen MR) is 85.4 cm³/mol. The number of aromatic nitrogens is 2. The number of sulfone groups is 1. The molecule has 0 atom stereocenters. The highest BCUT2D eigenvalue weighted by molar-refractivity contribution is 7.91. The third-order valence-electron chi connectivity index (χ3n) is 2.44. The second kappa shape index (κ2) is 5.77. The van der Waals surface area contributed by atoms with E-state index in [4.69, 9.17) is 4.74 Å². The molecule has 0 aliphatic carbocycles. The second-order valence-electron chi connectivity index (χ2n) is 5.68. The van der Waals surface area contributed by atoms with E-state index in [9.17, 15) is 13.2 Å². The van der Waals surface area contributed by atoms with E-state index in [1.807, 2.05) is 0 Å².